The van der Waals surface area contributed by atoms with Crippen LogP contribution in [0.4, 0.5) is 11.4 Å². The van der Waals surface area contributed by atoms with E-state index >= 15 is 0 Å². The van der Waals surface area contributed by atoms with Gasteiger partial charge in [0.05, 0.1) is 6.04 Å². The highest BCUT2D eigenvalue weighted by atomic mass is 16.2. The van der Waals surface area contributed by atoms with Crippen molar-refractivity contribution in [3.05, 3.63) is 60.2 Å². The number of nitrogens with zero attached hydrogens (tertiary/aromatic N) is 2. The van der Waals surface area contributed by atoms with Crippen molar-refractivity contribution in [3.8, 4) is 0 Å². The van der Waals surface area contributed by atoms with Crippen molar-refractivity contribution in [2.24, 2.45) is 0 Å². The lowest BCUT2D eigenvalue weighted by atomic mass is 10.1. The number of anilines is 2. The van der Waals surface area contributed by atoms with Crippen LogP contribution >= 0.6 is 0 Å². The summed E-state index contributed by atoms with van der Waals surface area (Å²) in [5, 5.41) is 5.34. The minimum atomic E-state index is -0.734. The van der Waals surface area contributed by atoms with E-state index in [1.165, 1.54) is 0 Å². The van der Waals surface area contributed by atoms with Crippen LogP contribution in [0.15, 0.2) is 54.6 Å². The van der Waals surface area contributed by atoms with Crippen molar-refractivity contribution in [1.82, 2.24) is 10.2 Å². The third-order valence-electron chi connectivity index (χ3n) is 5.21. The Balaban J connectivity index is 1.59. The van der Waals surface area contributed by atoms with E-state index in [-0.39, 0.29) is 11.9 Å². The zero-order valence-electron chi connectivity index (χ0n) is 17.4. The first kappa shape index (κ1) is 21.5. The van der Waals surface area contributed by atoms with Crippen molar-refractivity contribution in [2.75, 3.05) is 37.4 Å². The van der Waals surface area contributed by atoms with Gasteiger partial charge in [0.2, 0.25) is 5.91 Å². The van der Waals surface area contributed by atoms with Gasteiger partial charge in [-0.15, -0.1) is 0 Å². The molecule has 30 heavy (non-hydrogen) atoms. The summed E-state index contributed by atoms with van der Waals surface area (Å²) >= 11 is 0. The van der Waals surface area contributed by atoms with Crippen LogP contribution in [-0.2, 0) is 14.4 Å². The van der Waals surface area contributed by atoms with E-state index in [4.69, 9.17) is 0 Å². The van der Waals surface area contributed by atoms with E-state index < -0.39 is 11.8 Å². The van der Waals surface area contributed by atoms with Gasteiger partial charge in [-0.3, -0.25) is 14.4 Å². The number of carbonyl (C=O) groups is 3. The Hall–Kier alpha value is -3.19. The molecule has 1 saturated heterocycles. The molecule has 0 aromatic heterocycles. The molecule has 0 bridgehead atoms. The molecule has 1 fully saturated rings. The summed E-state index contributed by atoms with van der Waals surface area (Å²) in [6, 6.07) is 16.8. The predicted octanol–water partition coefficient (Wildman–Crippen LogP) is 2.56. The standard InChI is InChI=1S/C23H28N4O3/c1-26(2)20(17-9-4-3-5-10-17)16-24-22(29)23(30)25-18-11-8-12-19(15-18)27-14-7-6-13-21(27)28/h3-5,8-12,15,20H,6-7,13-14,16H2,1-2H3,(H,24,29)(H,25,30). The lowest BCUT2D eigenvalue weighted by molar-refractivity contribution is -0.136. The maximum Gasteiger partial charge on any atom is 0.313 e. The second kappa shape index (κ2) is 10.0. The lowest BCUT2D eigenvalue weighted by Crippen LogP contribution is -2.40. The maximum atomic E-state index is 12.4. The molecule has 7 heteroatoms. The van der Waals surface area contributed by atoms with E-state index in [0.29, 0.717) is 25.2 Å². The van der Waals surface area contributed by atoms with Gasteiger partial charge in [-0.2, -0.15) is 0 Å². The van der Waals surface area contributed by atoms with Gasteiger partial charge in [0.15, 0.2) is 0 Å². The Kier molecular flexibility index (Phi) is 7.19. The predicted molar refractivity (Wildman–Crippen MR) is 117 cm³/mol. The fourth-order valence-corrected chi connectivity index (χ4v) is 3.56. The monoisotopic (exact) mass is 408 g/mol. The molecule has 1 aliphatic rings. The highest BCUT2D eigenvalue weighted by Gasteiger charge is 2.21. The average Bonchev–Trinajstić information content (AvgIpc) is 2.74. The molecule has 2 aromatic rings. The molecule has 0 saturated carbocycles. The van der Waals surface area contributed by atoms with Gasteiger partial charge in [0.1, 0.15) is 0 Å². The summed E-state index contributed by atoms with van der Waals surface area (Å²) < 4.78 is 0. The first-order chi connectivity index (χ1) is 14.5. The van der Waals surface area contributed by atoms with E-state index in [0.717, 1.165) is 24.1 Å². The smallest absolute Gasteiger partial charge is 0.313 e. The van der Waals surface area contributed by atoms with Crippen molar-refractivity contribution in [3.63, 3.8) is 0 Å². The number of rotatable bonds is 6. The minimum Gasteiger partial charge on any atom is -0.346 e. The van der Waals surface area contributed by atoms with E-state index in [1.54, 1.807) is 23.1 Å². The maximum absolute atomic E-state index is 12.4. The van der Waals surface area contributed by atoms with E-state index in [2.05, 4.69) is 10.6 Å². The van der Waals surface area contributed by atoms with Crippen LogP contribution in [0.3, 0.4) is 0 Å². The number of hydrogen-bond acceptors (Lipinski definition) is 4. The Morgan fingerprint density at radius 2 is 1.80 bits per heavy atom. The molecule has 0 aliphatic carbocycles. The molecule has 0 radical (unpaired) electrons. The van der Waals surface area contributed by atoms with Crippen molar-refractivity contribution >= 4 is 29.1 Å². The average molecular weight is 409 g/mol. The lowest BCUT2D eigenvalue weighted by Gasteiger charge is -2.27. The molecule has 2 aromatic carbocycles. The molecule has 1 unspecified atom stereocenters. The number of hydrogen-bond donors (Lipinski definition) is 2. The van der Waals surface area contributed by atoms with Gasteiger partial charge >= 0.3 is 11.8 Å². The zero-order valence-corrected chi connectivity index (χ0v) is 17.4. The molecular weight excluding hydrogens is 380 g/mol. The van der Waals surface area contributed by atoms with Crippen LogP contribution in [0.5, 0.6) is 0 Å². The molecule has 2 N–H and O–H groups in total. The number of carbonyl (C=O) groups excluding carboxylic acids is 3. The highest BCUT2D eigenvalue weighted by Crippen LogP contribution is 2.24. The summed E-state index contributed by atoms with van der Waals surface area (Å²) in [6.07, 6.45) is 2.40. The van der Waals surface area contributed by atoms with Crippen LogP contribution in [0.25, 0.3) is 0 Å². The number of likely N-dealkylation sites (N-methyl/N-ethyl adjacent to an activating group) is 1. The van der Waals surface area contributed by atoms with Crippen molar-refractivity contribution in [2.45, 2.75) is 25.3 Å². The van der Waals surface area contributed by atoms with Crippen LogP contribution < -0.4 is 15.5 Å². The Morgan fingerprint density at radius 1 is 1.03 bits per heavy atom. The number of nitrogens with one attached hydrogen (secondary N) is 2. The normalized spacial score (nSPS) is 15.0. The molecule has 0 spiro atoms. The van der Waals surface area contributed by atoms with Crippen molar-refractivity contribution in [1.29, 1.82) is 0 Å². The van der Waals surface area contributed by atoms with E-state index in [9.17, 15) is 14.4 Å². The van der Waals surface area contributed by atoms with Gasteiger partial charge in [-0.25, -0.2) is 0 Å². The quantitative estimate of drug-likeness (QED) is 0.720. The van der Waals surface area contributed by atoms with Gasteiger partial charge in [0.25, 0.3) is 0 Å². The molecule has 3 rings (SSSR count). The Bertz CT molecular complexity index is 898. The van der Waals surface area contributed by atoms with Gasteiger partial charge in [-0.05, 0) is 50.7 Å². The minimum absolute atomic E-state index is 0.0450. The van der Waals surface area contributed by atoms with Crippen LogP contribution in [0.1, 0.15) is 30.9 Å². The van der Waals surface area contributed by atoms with E-state index in [1.807, 2.05) is 55.4 Å². The summed E-state index contributed by atoms with van der Waals surface area (Å²) in [7, 11) is 3.86. The zero-order chi connectivity index (χ0) is 21.5. The van der Waals surface area contributed by atoms with Gasteiger partial charge in [-0.1, -0.05) is 36.4 Å². The molecular formula is C23H28N4O3. The summed E-state index contributed by atoms with van der Waals surface area (Å²) in [4.78, 5) is 40.5. The first-order valence-electron chi connectivity index (χ1n) is 10.2. The third kappa shape index (κ3) is 5.45. The molecule has 1 heterocycles. The summed E-state index contributed by atoms with van der Waals surface area (Å²) in [5.74, 6) is -1.35. The molecule has 7 nitrogen and oxygen atoms in total. The Morgan fingerprint density at radius 3 is 2.50 bits per heavy atom. The largest absolute Gasteiger partial charge is 0.346 e. The number of piperidine rings is 1. The fourth-order valence-electron chi connectivity index (χ4n) is 3.56. The fraction of sp³-hybridized carbons (Fsp3) is 0.348. The van der Waals surface area contributed by atoms with Gasteiger partial charge in [0, 0.05) is 30.9 Å². The van der Waals surface area contributed by atoms with Crippen LogP contribution in [0.2, 0.25) is 0 Å². The topological polar surface area (TPSA) is 81.8 Å². The SMILES string of the molecule is CN(C)C(CNC(=O)C(=O)Nc1cccc(N2CCCCC2=O)c1)c1ccccc1. The number of amides is 3. The van der Waals surface area contributed by atoms with Crippen LogP contribution in [-0.4, -0.2) is 49.8 Å². The molecule has 3 amide bonds. The Labute approximate surface area is 177 Å². The molecule has 1 atom stereocenters. The van der Waals surface area contributed by atoms with Crippen molar-refractivity contribution < 1.29 is 14.4 Å². The first-order valence-corrected chi connectivity index (χ1v) is 10.2. The summed E-state index contributed by atoms with van der Waals surface area (Å²) in [5.41, 5.74) is 2.27. The highest BCUT2D eigenvalue weighted by molar-refractivity contribution is 6.39. The summed E-state index contributed by atoms with van der Waals surface area (Å²) in [6.45, 7) is 0.980. The van der Waals surface area contributed by atoms with Crippen LogP contribution in [0, 0.1) is 0 Å². The van der Waals surface area contributed by atoms with Gasteiger partial charge < -0.3 is 20.4 Å². The molecule has 1 aliphatic heterocycles. The molecule has 158 valence electrons. The number of benzene rings is 2. The second-order valence-electron chi connectivity index (χ2n) is 7.61. The third-order valence-corrected chi connectivity index (χ3v) is 5.21. The second-order valence-corrected chi connectivity index (χ2v) is 7.61.